The minimum Gasteiger partial charge on any atom is -0.348 e. The van der Waals surface area contributed by atoms with Crippen LogP contribution < -0.4 is 5.32 Å². The van der Waals surface area contributed by atoms with Gasteiger partial charge in [-0.25, -0.2) is 4.98 Å². The summed E-state index contributed by atoms with van der Waals surface area (Å²) < 4.78 is 0. The number of amides is 1. The lowest BCUT2D eigenvalue weighted by atomic mass is 10.0. The van der Waals surface area contributed by atoms with Gasteiger partial charge in [0.25, 0.3) is 5.91 Å². The number of aryl methyl sites for hydroxylation is 1. The van der Waals surface area contributed by atoms with E-state index in [2.05, 4.69) is 34.0 Å². The first kappa shape index (κ1) is 15.0. The Hall–Kier alpha value is -1.88. The number of likely N-dealkylation sites (tertiary alicyclic amines) is 1. The van der Waals surface area contributed by atoms with Crippen molar-refractivity contribution >= 4 is 16.9 Å². The van der Waals surface area contributed by atoms with E-state index in [4.69, 9.17) is 0 Å². The van der Waals surface area contributed by atoms with Crippen LogP contribution in [0.3, 0.4) is 0 Å². The first-order valence-corrected chi connectivity index (χ1v) is 8.04. The normalized spacial score (nSPS) is 19.7. The average Bonchev–Trinajstić information content (AvgIpc) is 2.86. The molecule has 22 heavy (non-hydrogen) atoms. The van der Waals surface area contributed by atoms with E-state index < -0.39 is 0 Å². The van der Waals surface area contributed by atoms with Gasteiger partial charge in [0.15, 0.2) is 0 Å². The maximum Gasteiger partial charge on any atom is 0.251 e. The third kappa shape index (κ3) is 3.14. The number of nitrogens with zero attached hydrogens (tertiary/aromatic N) is 2. The zero-order valence-electron chi connectivity index (χ0n) is 13.5. The van der Waals surface area contributed by atoms with Crippen molar-refractivity contribution in [3.63, 3.8) is 0 Å². The van der Waals surface area contributed by atoms with E-state index in [1.807, 2.05) is 25.1 Å². The molecule has 1 aliphatic rings. The summed E-state index contributed by atoms with van der Waals surface area (Å²) in [6.45, 7) is 8.40. The number of piperidine rings is 1. The highest BCUT2D eigenvalue weighted by molar-refractivity contribution is 5.97. The van der Waals surface area contributed by atoms with Gasteiger partial charge >= 0.3 is 0 Å². The first-order chi connectivity index (χ1) is 10.5. The number of aromatic nitrogens is 2. The molecule has 1 aliphatic heterocycles. The quantitative estimate of drug-likeness (QED) is 0.915. The van der Waals surface area contributed by atoms with Gasteiger partial charge < -0.3 is 10.3 Å². The average molecular weight is 300 g/mol. The Morgan fingerprint density at radius 3 is 3.05 bits per heavy atom. The zero-order valence-corrected chi connectivity index (χ0v) is 13.5. The van der Waals surface area contributed by atoms with Crippen molar-refractivity contribution in [2.24, 2.45) is 0 Å². The van der Waals surface area contributed by atoms with Gasteiger partial charge in [0, 0.05) is 24.2 Å². The van der Waals surface area contributed by atoms with Crippen LogP contribution in [-0.4, -0.2) is 45.9 Å². The molecule has 3 rings (SSSR count). The number of nitrogens with one attached hydrogen (secondary N) is 2. The minimum absolute atomic E-state index is 0.00170. The van der Waals surface area contributed by atoms with E-state index >= 15 is 0 Å². The minimum atomic E-state index is -0.00170. The van der Waals surface area contributed by atoms with Gasteiger partial charge in [-0.1, -0.05) is 0 Å². The Kier molecular flexibility index (Phi) is 4.16. The molecule has 0 saturated carbocycles. The maximum atomic E-state index is 12.5. The van der Waals surface area contributed by atoms with Gasteiger partial charge in [0.2, 0.25) is 0 Å². The third-order valence-electron chi connectivity index (χ3n) is 4.38. The fourth-order valence-electron chi connectivity index (χ4n) is 3.14. The fraction of sp³-hybridized carbons (Fsp3) is 0.529. The van der Waals surface area contributed by atoms with E-state index in [-0.39, 0.29) is 11.9 Å². The second-order valence-electron chi connectivity index (χ2n) is 6.46. The van der Waals surface area contributed by atoms with Gasteiger partial charge in [0.1, 0.15) is 5.82 Å². The molecule has 0 spiro atoms. The first-order valence-electron chi connectivity index (χ1n) is 8.04. The van der Waals surface area contributed by atoms with Crippen LogP contribution in [0.1, 0.15) is 42.9 Å². The van der Waals surface area contributed by atoms with Gasteiger partial charge in [-0.05, 0) is 58.4 Å². The number of aromatic amines is 1. The molecule has 2 N–H and O–H groups in total. The molecule has 1 saturated heterocycles. The van der Waals surface area contributed by atoms with Gasteiger partial charge in [-0.2, -0.15) is 0 Å². The molecule has 1 aromatic carbocycles. The highest BCUT2D eigenvalue weighted by Crippen LogP contribution is 2.16. The molecular weight excluding hydrogens is 276 g/mol. The molecule has 118 valence electrons. The van der Waals surface area contributed by atoms with Crippen LogP contribution in [0.15, 0.2) is 18.2 Å². The number of carbonyl (C=O) groups is 1. The number of H-pyrrole nitrogens is 1. The molecule has 0 unspecified atom stereocenters. The predicted octanol–water partition coefficient (Wildman–Crippen LogP) is 2.47. The Labute approximate surface area is 131 Å². The van der Waals surface area contributed by atoms with Crippen molar-refractivity contribution in [2.45, 2.75) is 45.7 Å². The van der Waals surface area contributed by atoms with Crippen molar-refractivity contribution in [3.8, 4) is 0 Å². The van der Waals surface area contributed by atoms with Gasteiger partial charge in [-0.15, -0.1) is 0 Å². The lowest BCUT2D eigenvalue weighted by molar-refractivity contribution is 0.0886. The van der Waals surface area contributed by atoms with Crippen LogP contribution >= 0.6 is 0 Å². The number of benzene rings is 1. The standard InChI is InChI=1S/C17H24N4O/c1-11(2)21-8-4-5-14(10-21)20-17(22)13-6-7-15-16(9-13)19-12(3)18-15/h6-7,9,11,14H,4-5,8,10H2,1-3H3,(H,18,19)(H,20,22)/t14-/m1/s1. The second-order valence-corrected chi connectivity index (χ2v) is 6.46. The summed E-state index contributed by atoms with van der Waals surface area (Å²) in [5, 5.41) is 3.17. The lowest BCUT2D eigenvalue weighted by Crippen LogP contribution is -2.49. The van der Waals surface area contributed by atoms with E-state index in [1.165, 1.54) is 0 Å². The van der Waals surface area contributed by atoms with Crippen molar-refractivity contribution in [1.29, 1.82) is 0 Å². The molecule has 2 heterocycles. The smallest absolute Gasteiger partial charge is 0.251 e. The van der Waals surface area contributed by atoms with Crippen LogP contribution in [0, 0.1) is 6.92 Å². The molecule has 1 fully saturated rings. The van der Waals surface area contributed by atoms with Crippen LogP contribution in [0.5, 0.6) is 0 Å². The topological polar surface area (TPSA) is 61.0 Å². The van der Waals surface area contributed by atoms with Gasteiger partial charge in [0.05, 0.1) is 11.0 Å². The highest BCUT2D eigenvalue weighted by Gasteiger charge is 2.23. The molecule has 1 aromatic heterocycles. The summed E-state index contributed by atoms with van der Waals surface area (Å²) in [4.78, 5) is 22.5. The number of hydrogen-bond acceptors (Lipinski definition) is 3. The largest absolute Gasteiger partial charge is 0.348 e. The van der Waals surface area contributed by atoms with Crippen molar-refractivity contribution in [1.82, 2.24) is 20.2 Å². The fourth-order valence-corrected chi connectivity index (χ4v) is 3.14. The Morgan fingerprint density at radius 1 is 1.45 bits per heavy atom. The molecule has 5 nitrogen and oxygen atoms in total. The second kappa shape index (κ2) is 6.08. The molecular formula is C17H24N4O. The van der Waals surface area contributed by atoms with E-state index in [0.29, 0.717) is 11.6 Å². The van der Waals surface area contributed by atoms with Crippen LogP contribution in [0.2, 0.25) is 0 Å². The molecule has 1 amide bonds. The summed E-state index contributed by atoms with van der Waals surface area (Å²) in [5.74, 6) is 0.866. The monoisotopic (exact) mass is 300 g/mol. The molecule has 0 aliphatic carbocycles. The molecule has 5 heteroatoms. The number of rotatable bonds is 3. The number of carbonyl (C=O) groups excluding carboxylic acids is 1. The van der Waals surface area contributed by atoms with E-state index in [1.54, 1.807) is 0 Å². The van der Waals surface area contributed by atoms with Gasteiger partial charge in [-0.3, -0.25) is 9.69 Å². The summed E-state index contributed by atoms with van der Waals surface area (Å²) in [7, 11) is 0. The molecule has 0 radical (unpaired) electrons. The zero-order chi connectivity index (χ0) is 15.7. The SMILES string of the molecule is Cc1nc2cc(C(=O)N[C@@H]3CCCN(C(C)C)C3)ccc2[nH]1. The molecule has 1 atom stereocenters. The highest BCUT2D eigenvalue weighted by atomic mass is 16.1. The predicted molar refractivity (Wildman–Crippen MR) is 88.0 cm³/mol. The van der Waals surface area contributed by atoms with Crippen LogP contribution in [-0.2, 0) is 0 Å². The Bertz CT molecular complexity index is 676. The number of fused-ring (bicyclic) bond motifs is 1. The maximum absolute atomic E-state index is 12.5. The number of hydrogen-bond donors (Lipinski definition) is 2. The Morgan fingerprint density at radius 2 is 2.27 bits per heavy atom. The van der Waals surface area contributed by atoms with E-state index in [0.717, 1.165) is 42.8 Å². The van der Waals surface area contributed by atoms with Crippen molar-refractivity contribution in [3.05, 3.63) is 29.6 Å². The molecule has 2 aromatic rings. The van der Waals surface area contributed by atoms with Crippen LogP contribution in [0.4, 0.5) is 0 Å². The van der Waals surface area contributed by atoms with Crippen molar-refractivity contribution in [2.75, 3.05) is 13.1 Å². The lowest BCUT2D eigenvalue weighted by Gasteiger charge is -2.35. The van der Waals surface area contributed by atoms with Crippen LogP contribution in [0.25, 0.3) is 11.0 Å². The molecule has 0 bridgehead atoms. The summed E-state index contributed by atoms with van der Waals surface area (Å²) in [5.41, 5.74) is 2.50. The number of imidazole rings is 1. The van der Waals surface area contributed by atoms with E-state index in [9.17, 15) is 4.79 Å². The van der Waals surface area contributed by atoms with Crippen molar-refractivity contribution < 1.29 is 4.79 Å². The summed E-state index contributed by atoms with van der Waals surface area (Å²) >= 11 is 0. The summed E-state index contributed by atoms with van der Waals surface area (Å²) in [6, 6.07) is 6.41. The summed E-state index contributed by atoms with van der Waals surface area (Å²) in [6.07, 6.45) is 2.19. The third-order valence-corrected chi connectivity index (χ3v) is 4.38. The Balaban J connectivity index is 1.70.